The van der Waals surface area contributed by atoms with Crippen molar-refractivity contribution in [1.29, 1.82) is 0 Å². The van der Waals surface area contributed by atoms with Gasteiger partial charge in [0.2, 0.25) is 0 Å². The van der Waals surface area contributed by atoms with Crippen LogP contribution in [-0.4, -0.2) is 12.8 Å². The predicted molar refractivity (Wildman–Crippen MR) is 56.0 cm³/mol. The predicted octanol–water partition coefficient (Wildman–Crippen LogP) is 2.19. The number of benzene rings is 2. The molecule has 0 saturated heterocycles. The second kappa shape index (κ2) is 3.92. The van der Waals surface area contributed by atoms with Crippen molar-refractivity contribution in [2.45, 2.75) is 0 Å². The van der Waals surface area contributed by atoms with Gasteiger partial charge in [-0.2, -0.15) is 0 Å². The zero-order valence-corrected chi connectivity index (χ0v) is 7.84. The number of fused-ring (bicyclic) bond motifs is 1. The molecule has 2 aromatic carbocycles. The minimum Gasteiger partial charge on any atom is -0.427 e. The minimum atomic E-state index is 0.318. The van der Waals surface area contributed by atoms with Crippen LogP contribution in [0.3, 0.4) is 0 Å². The SMILES string of the molecule is O=COc1c(C=O)ccc2ccccc12. The lowest BCUT2D eigenvalue weighted by molar-refractivity contribution is -0.120. The Morgan fingerprint density at radius 3 is 2.53 bits per heavy atom. The van der Waals surface area contributed by atoms with E-state index in [9.17, 15) is 9.59 Å². The first-order chi connectivity index (χ1) is 7.36. The topological polar surface area (TPSA) is 43.4 Å². The molecule has 0 atom stereocenters. The molecule has 0 amide bonds. The van der Waals surface area contributed by atoms with Gasteiger partial charge in [-0.15, -0.1) is 0 Å². The number of hydrogen-bond donors (Lipinski definition) is 0. The van der Waals surface area contributed by atoms with Gasteiger partial charge in [0, 0.05) is 5.39 Å². The molecule has 3 nitrogen and oxygen atoms in total. The Balaban J connectivity index is 2.77. The monoisotopic (exact) mass is 200 g/mol. The molecule has 2 aromatic rings. The molecule has 0 aromatic heterocycles. The van der Waals surface area contributed by atoms with Crippen molar-refractivity contribution < 1.29 is 14.3 Å². The Kier molecular flexibility index (Phi) is 2.46. The summed E-state index contributed by atoms with van der Waals surface area (Å²) in [5.41, 5.74) is 0.376. The van der Waals surface area contributed by atoms with Crippen LogP contribution in [0.5, 0.6) is 5.75 Å². The van der Waals surface area contributed by atoms with Crippen LogP contribution < -0.4 is 4.74 Å². The van der Waals surface area contributed by atoms with Crippen LogP contribution >= 0.6 is 0 Å². The third-order valence-electron chi connectivity index (χ3n) is 2.20. The Hall–Kier alpha value is -2.16. The quantitative estimate of drug-likeness (QED) is 0.713. The largest absolute Gasteiger partial charge is 0.427 e. The molecule has 3 heteroatoms. The molecule has 0 aliphatic heterocycles. The molecular formula is C12H8O3. The van der Waals surface area contributed by atoms with Crippen LogP contribution in [0.2, 0.25) is 0 Å². The highest BCUT2D eigenvalue weighted by molar-refractivity contribution is 5.96. The molecule has 0 aliphatic rings. The number of rotatable bonds is 3. The molecule has 0 saturated carbocycles. The molecule has 0 bridgehead atoms. The fourth-order valence-corrected chi connectivity index (χ4v) is 1.53. The van der Waals surface area contributed by atoms with Gasteiger partial charge in [-0.25, -0.2) is 0 Å². The lowest BCUT2D eigenvalue weighted by Gasteiger charge is -2.06. The first-order valence-corrected chi connectivity index (χ1v) is 4.44. The summed E-state index contributed by atoms with van der Waals surface area (Å²) in [4.78, 5) is 21.1. The van der Waals surface area contributed by atoms with Crippen LogP contribution in [0.4, 0.5) is 0 Å². The second-order valence-corrected chi connectivity index (χ2v) is 3.04. The van der Waals surface area contributed by atoms with Crippen molar-refractivity contribution in [3.8, 4) is 5.75 Å². The van der Waals surface area contributed by atoms with E-state index in [4.69, 9.17) is 4.74 Å². The lowest BCUT2D eigenvalue weighted by atomic mass is 10.1. The Labute approximate surface area is 86.3 Å². The van der Waals surface area contributed by atoms with E-state index in [0.29, 0.717) is 24.1 Å². The lowest BCUT2D eigenvalue weighted by Crippen LogP contribution is -1.94. The minimum absolute atomic E-state index is 0.318. The van der Waals surface area contributed by atoms with E-state index in [0.717, 1.165) is 10.8 Å². The fourth-order valence-electron chi connectivity index (χ4n) is 1.53. The number of carbonyl (C=O) groups is 2. The molecule has 0 unspecified atom stereocenters. The van der Waals surface area contributed by atoms with Gasteiger partial charge < -0.3 is 4.74 Å². The van der Waals surface area contributed by atoms with Crippen LogP contribution in [0.15, 0.2) is 36.4 Å². The fraction of sp³-hybridized carbons (Fsp3) is 0. The molecule has 0 heterocycles. The van der Waals surface area contributed by atoms with Crippen molar-refractivity contribution in [3.05, 3.63) is 42.0 Å². The standard InChI is InChI=1S/C12H8O3/c13-7-10-6-5-9-3-1-2-4-11(9)12(10)15-8-14/h1-8H. The van der Waals surface area contributed by atoms with Gasteiger partial charge in [0.25, 0.3) is 6.47 Å². The first kappa shape index (κ1) is 9.40. The molecule has 0 N–H and O–H groups in total. The molecule has 0 spiro atoms. The van der Waals surface area contributed by atoms with Crippen molar-refractivity contribution in [2.75, 3.05) is 0 Å². The van der Waals surface area contributed by atoms with E-state index >= 15 is 0 Å². The van der Waals surface area contributed by atoms with Gasteiger partial charge in [0.15, 0.2) is 6.29 Å². The van der Waals surface area contributed by atoms with E-state index in [2.05, 4.69) is 0 Å². The molecule has 2 rings (SSSR count). The maximum Gasteiger partial charge on any atom is 0.298 e. The Bertz CT molecular complexity index is 517. The van der Waals surface area contributed by atoms with Crippen LogP contribution in [0.1, 0.15) is 10.4 Å². The summed E-state index contributed by atoms with van der Waals surface area (Å²) < 4.78 is 4.83. The number of carbonyl (C=O) groups excluding carboxylic acids is 2. The number of hydrogen-bond acceptors (Lipinski definition) is 3. The normalized spacial score (nSPS) is 9.87. The summed E-state index contributed by atoms with van der Waals surface area (Å²) in [6.07, 6.45) is 0.672. The third kappa shape index (κ3) is 1.59. The maximum absolute atomic E-state index is 10.7. The highest BCUT2D eigenvalue weighted by Crippen LogP contribution is 2.28. The van der Waals surface area contributed by atoms with E-state index in [1.807, 2.05) is 24.3 Å². The van der Waals surface area contributed by atoms with Crippen LogP contribution in [0.25, 0.3) is 10.8 Å². The van der Waals surface area contributed by atoms with E-state index in [-0.39, 0.29) is 0 Å². The molecule has 0 radical (unpaired) electrons. The van der Waals surface area contributed by atoms with E-state index in [1.54, 1.807) is 12.1 Å². The van der Waals surface area contributed by atoms with Crippen molar-refractivity contribution >= 4 is 23.5 Å². The summed E-state index contributed by atoms with van der Waals surface area (Å²) in [6, 6.07) is 10.9. The zero-order chi connectivity index (χ0) is 10.7. The molecule has 0 fully saturated rings. The zero-order valence-electron chi connectivity index (χ0n) is 7.84. The number of ether oxygens (including phenoxy) is 1. The van der Waals surface area contributed by atoms with Crippen molar-refractivity contribution in [2.24, 2.45) is 0 Å². The number of aldehydes is 1. The van der Waals surface area contributed by atoms with E-state index < -0.39 is 0 Å². The summed E-state index contributed by atoms with van der Waals surface area (Å²) in [5.74, 6) is 0.318. The van der Waals surface area contributed by atoms with Gasteiger partial charge in [-0.3, -0.25) is 9.59 Å². The van der Waals surface area contributed by atoms with Crippen molar-refractivity contribution in [1.82, 2.24) is 0 Å². The molecule has 15 heavy (non-hydrogen) atoms. The summed E-state index contributed by atoms with van der Waals surface area (Å²) >= 11 is 0. The summed E-state index contributed by atoms with van der Waals surface area (Å²) in [7, 11) is 0. The highest BCUT2D eigenvalue weighted by Gasteiger charge is 2.07. The molecule has 0 aliphatic carbocycles. The first-order valence-electron chi connectivity index (χ1n) is 4.44. The second-order valence-electron chi connectivity index (χ2n) is 3.04. The van der Waals surface area contributed by atoms with Gasteiger partial charge in [0.05, 0.1) is 5.56 Å². The van der Waals surface area contributed by atoms with Gasteiger partial charge >= 0.3 is 0 Å². The highest BCUT2D eigenvalue weighted by atomic mass is 16.5. The van der Waals surface area contributed by atoms with Crippen LogP contribution in [-0.2, 0) is 4.79 Å². The summed E-state index contributed by atoms with van der Waals surface area (Å²) in [5, 5.41) is 1.69. The third-order valence-corrected chi connectivity index (χ3v) is 2.20. The van der Waals surface area contributed by atoms with Gasteiger partial charge in [-0.1, -0.05) is 30.3 Å². The van der Waals surface area contributed by atoms with Crippen molar-refractivity contribution in [3.63, 3.8) is 0 Å². The summed E-state index contributed by atoms with van der Waals surface area (Å²) in [6.45, 7) is 0.328. The van der Waals surface area contributed by atoms with E-state index in [1.165, 1.54) is 0 Å². The van der Waals surface area contributed by atoms with Gasteiger partial charge in [0.1, 0.15) is 5.75 Å². The van der Waals surface area contributed by atoms with Gasteiger partial charge in [-0.05, 0) is 11.5 Å². The Morgan fingerprint density at radius 2 is 1.80 bits per heavy atom. The Morgan fingerprint density at radius 1 is 1.00 bits per heavy atom. The van der Waals surface area contributed by atoms with Crippen LogP contribution in [0, 0.1) is 0 Å². The maximum atomic E-state index is 10.7. The molecule has 74 valence electrons. The average Bonchev–Trinajstić information content (AvgIpc) is 2.30. The molecular weight excluding hydrogens is 192 g/mol. The smallest absolute Gasteiger partial charge is 0.298 e. The average molecular weight is 200 g/mol.